The van der Waals surface area contributed by atoms with Gasteiger partial charge in [0.2, 0.25) is 0 Å². The van der Waals surface area contributed by atoms with Gasteiger partial charge in [-0.1, -0.05) is 97.9 Å². The van der Waals surface area contributed by atoms with Gasteiger partial charge in [-0.25, -0.2) is 4.98 Å². The molecule has 0 fully saturated rings. The summed E-state index contributed by atoms with van der Waals surface area (Å²) in [6, 6.07) is 42.2. The van der Waals surface area contributed by atoms with Crippen LogP contribution in [0.15, 0.2) is 122 Å². The molecule has 0 N–H and O–H groups in total. The molecule has 5 heterocycles. The predicted octanol–water partition coefficient (Wildman–Crippen LogP) is 9.88. The Morgan fingerprint density at radius 3 is 2.27 bits per heavy atom. The zero-order chi connectivity index (χ0) is 31.7. The van der Waals surface area contributed by atoms with Crippen molar-refractivity contribution in [2.24, 2.45) is 0 Å². The maximum absolute atomic E-state index is 6.64. The van der Waals surface area contributed by atoms with Gasteiger partial charge >= 0.3 is 21.1 Å². The van der Waals surface area contributed by atoms with E-state index in [0.717, 1.165) is 71.9 Å². The van der Waals surface area contributed by atoms with Crippen molar-refractivity contribution < 1.29 is 25.8 Å². The minimum Gasteiger partial charge on any atom is -0.503 e. The van der Waals surface area contributed by atoms with Crippen LogP contribution in [0.3, 0.4) is 0 Å². The van der Waals surface area contributed by atoms with Crippen molar-refractivity contribution in [3.63, 3.8) is 0 Å². The molecule has 0 unspecified atom stereocenters. The normalized spacial score (nSPS) is 11.9. The average Bonchev–Trinajstić information content (AvgIpc) is 3.69. The Hall–Kier alpha value is -5.32. The van der Waals surface area contributed by atoms with Gasteiger partial charge in [0.05, 0.1) is 27.9 Å². The van der Waals surface area contributed by atoms with E-state index >= 15 is 0 Å². The van der Waals surface area contributed by atoms with Crippen LogP contribution in [0.2, 0.25) is 0 Å². The summed E-state index contributed by atoms with van der Waals surface area (Å²) >= 11 is 0. The Bertz CT molecular complexity index is 2600. The van der Waals surface area contributed by atoms with E-state index < -0.39 is 0 Å². The second-order valence-corrected chi connectivity index (χ2v) is 12.9. The van der Waals surface area contributed by atoms with Crippen LogP contribution in [0, 0.1) is 12.1 Å². The first-order valence-corrected chi connectivity index (χ1v) is 15.7. The molecule has 234 valence electrons. The molecular weight excluding hydrogens is 774 g/mol. The molecule has 6 nitrogen and oxygen atoms in total. The fourth-order valence-electron chi connectivity index (χ4n) is 6.49. The van der Waals surface area contributed by atoms with Crippen LogP contribution in [0.4, 0.5) is 0 Å². The smallest absolute Gasteiger partial charge is 0.503 e. The van der Waals surface area contributed by atoms with E-state index in [1.54, 1.807) is 0 Å². The number of imidazole rings is 1. The molecule has 0 aliphatic rings. The molecule has 0 saturated heterocycles. The Morgan fingerprint density at radius 2 is 1.42 bits per heavy atom. The van der Waals surface area contributed by atoms with Crippen LogP contribution in [-0.4, -0.2) is 23.9 Å². The first kappa shape index (κ1) is 30.0. The molecule has 4 aromatic carbocycles. The van der Waals surface area contributed by atoms with Crippen LogP contribution in [0.25, 0.3) is 66.3 Å². The number of benzene rings is 4. The molecular formula is C41H29N5OPt. The molecule has 5 aromatic heterocycles. The summed E-state index contributed by atoms with van der Waals surface area (Å²) in [6.45, 7) is 6.62. The molecule has 9 rings (SSSR count). The maximum atomic E-state index is 6.64. The Morgan fingerprint density at radius 1 is 0.667 bits per heavy atom. The molecule has 0 amide bonds. The van der Waals surface area contributed by atoms with Gasteiger partial charge in [0.15, 0.2) is 0 Å². The van der Waals surface area contributed by atoms with E-state index in [9.17, 15) is 0 Å². The van der Waals surface area contributed by atoms with Crippen molar-refractivity contribution in [3.05, 3.63) is 139 Å². The molecule has 0 aliphatic heterocycles. The number of hydrogen-bond donors (Lipinski definition) is 0. The number of ether oxygens (including phenoxy) is 1. The second-order valence-electron chi connectivity index (χ2n) is 12.9. The Kier molecular flexibility index (Phi) is 7.15. The summed E-state index contributed by atoms with van der Waals surface area (Å²) in [7, 11) is 0. The minimum absolute atomic E-state index is 0. The van der Waals surface area contributed by atoms with Gasteiger partial charge in [-0.2, -0.15) is 0 Å². The van der Waals surface area contributed by atoms with Gasteiger partial charge < -0.3 is 13.7 Å². The van der Waals surface area contributed by atoms with Gasteiger partial charge in [0.1, 0.15) is 5.65 Å². The third kappa shape index (κ3) is 4.87. The average molecular weight is 803 g/mol. The fraction of sp³-hybridized carbons (Fsp3) is 0.0976. The first-order chi connectivity index (χ1) is 22.9. The van der Waals surface area contributed by atoms with Gasteiger partial charge in [-0.05, 0) is 35.7 Å². The molecule has 0 spiro atoms. The summed E-state index contributed by atoms with van der Waals surface area (Å²) in [5.41, 5.74) is 8.43. The van der Waals surface area contributed by atoms with E-state index in [1.807, 2.05) is 48.8 Å². The number of para-hydroxylation sites is 1. The summed E-state index contributed by atoms with van der Waals surface area (Å²) < 4.78 is 10.9. The summed E-state index contributed by atoms with van der Waals surface area (Å²) in [6.07, 6.45) is 5.73. The van der Waals surface area contributed by atoms with Crippen LogP contribution < -0.4 is 4.74 Å². The number of aromatic nitrogens is 5. The van der Waals surface area contributed by atoms with E-state index in [4.69, 9.17) is 19.7 Å². The number of pyridine rings is 3. The number of nitrogens with zero attached hydrogens (tertiary/aromatic N) is 5. The van der Waals surface area contributed by atoms with Gasteiger partial charge in [0.25, 0.3) is 0 Å². The molecule has 0 aliphatic carbocycles. The van der Waals surface area contributed by atoms with E-state index in [0.29, 0.717) is 11.5 Å². The quantitative estimate of drug-likeness (QED) is 0.131. The number of rotatable bonds is 4. The van der Waals surface area contributed by atoms with Crippen LogP contribution >= 0.6 is 0 Å². The zero-order valence-electron chi connectivity index (χ0n) is 26.5. The van der Waals surface area contributed by atoms with Crippen molar-refractivity contribution in [2.45, 2.75) is 26.2 Å². The molecule has 48 heavy (non-hydrogen) atoms. The molecule has 0 saturated carbocycles. The number of fused-ring (bicyclic) bond motifs is 9. The van der Waals surface area contributed by atoms with Crippen molar-refractivity contribution >= 4 is 49.4 Å². The van der Waals surface area contributed by atoms with E-state index in [2.05, 4.69) is 115 Å². The van der Waals surface area contributed by atoms with Crippen molar-refractivity contribution in [3.8, 4) is 28.4 Å². The molecule has 0 radical (unpaired) electrons. The predicted molar refractivity (Wildman–Crippen MR) is 188 cm³/mol. The van der Waals surface area contributed by atoms with Crippen molar-refractivity contribution in [1.82, 2.24) is 23.9 Å². The van der Waals surface area contributed by atoms with E-state index in [-0.39, 0.29) is 26.5 Å². The molecule has 7 heteroatoms. The molecule has 0 bridgehead atoms. The Labute approximate surface area is 291 Å². The molecule has 9 aromatic rings. The topological polar surface area (TPSA) is 57.2 Å². The Balaban J connectivity index is 0.00000336. The van der Waals surface area contributed by atoms with Crippen LogP contribution in [-0.2, 0) is 26.5 Å². The van der Waals surface area contributed by atoms with Gasteiger partial charge in [-0.15, -0.1) is 29.8 Å². The number of hydrogen-bond acceptors (Lipinski definition) is 4. The summed E-state index contributed by atoms with van der Waals surface area (Å²) in [5.74, 6) is 1.18. The third-order valence-corrected chi connectivity index (χ3v) is 8.81. The molecule has 0 atom stereocenters. The summed E-state index contributed by atoms with van der Waals surface area (Å²) in [5, 5.41) is 4.06. The zero-order valence-corrected chi connectivity index (χ0v) is 28.8. The van der Waals surface area contributed by atoms with Gasteiger partial charge in [0, 0.05) is 46.4 Å². The fourth-order valence-corrected chi connectivity index (χ4v) is 6.49. The maximum Gasteiger partial charge on any atom is 2.00 e. The monoisotopic (exact) mass is 802 g/mol. The summed E-state index contributed by atoms with van der Waals surface area (Å²) in [4.78, 5) is 14.6. The van der Waals surface area contributed by atoms with E-state index in [1.165, 1.54) is 0 Å². The van der Waals surface area contributed by atoms with Crippen molar-refractivity contribution in [1.29, 1.82) is 0 Å². The first-order valence-electron chi connectivity index (χ1n) is 15.7. The minimum atomic E-state index is -0.137. The second kappa shape index (κ2) is 11.4. The largest absolute Gasteiger partial charge is 2.00 e. The van der Waals surface area contributed by atoms with Crippen LogP contribution in [0.1, 0.15) is 26.3 Å². The third-order valence-electron chi connectivity index (χ3n) is 8.81. The van der Waals surface area contributed by atoms with Crippen molar-refractivity contribution in [2.75, 3.05) is 0 Å². The van der Waals surface area contributed by atoms with Crippen LogP contribution in [0.5, 0.6) is 11.5 Å². The standard InChI is InChI=1S/C41H29N5O.Pt/c1-41(2,3)27-21-28(46-36-15-8-7-13-31(36)33-14-9-20-43-39(33)46)23-30(22-27)47-29-17-18-32-34(24-29)40-44-35(26-11-5-4-6-12-26)25-45(40)37-16-10-19-42-38(32)37;/h4-22,25H,1-3H3;/q-2;+2. The van der Waals surface area contributed by atoms with Gasteiger partial charge in [-0.3, -0.25) is 9.97 Å². The SMILES string of the molecule is CC(C)(C)c1cc(Oc2[c-]c3c(cc2)c2ncccc2n2cc(-c4ccccc4)nc32)[c-]c(-n2c3ccccc3c3cccnc32)c1.[Pt+2].